The molecule has 23 heavy (non-hydrogen) atoms. The number of hydrogen-bond donors (Lipinski definition) is 1. The van der Waals surface area contributed by atoms with E-state index in [1.54, 1.807) is 30.1 Å². The summed E-state index contributed by atoms with van der Waals surface area (Å²) in [7, 11) is 1.72. The maximum atomic E-state index is 13.7. The molecule has 0 heterocycles. The van der Waals surface area contributed by atoms with Crippen LogP contribution in [0.1, 0.15) is 18.4 Å². The normalized spacial score (nSPS) is 15.0. The number of rotatable bonds is 6. The topological polar surface area (TPSA) is 32.3 Å². The number of para-hydroxylation sites is 1. The summed E-state index contributed by atoms with van der Waals surface area (Å²) in [6.07, 6.45) is 2.20. The average molecular weight is 312 g/mol. The summed E-state index contributed by atoms with van der Waals surface area (Å²) in [5.41, 5.74) is 1.81. The van der Waals surface area contributed by atoms with Gasteiger partial charge in [0.2, 0.25) is 5.91 Å². The first-order chi connectivity index (χ1) is 11.1. The largest absolute Gasteiger partial charge is 0.363 e. The third-order valence-corrected chi connectivity index (χ3v) is 4.51. The lowest BCUT2D eigenvalue weighted by Gasteiger charge is -2.21. The molecular formula is C19H21FN2O. The molecule has 1 aliphatic carbocycles. The first kappa shape index (κ1) is 15.5. The summed E-state index contributed by atoms with van der Waals surface area (Å²) in [6.45, 7) is 0.784. The third kappa shape index (κ3) is 3.52. The van der Waals surface area contributed by atoms with Gasteiger partial charge in [-0.05, 0) is 30.5 Å². The monoisotopic (exact) mass is 312 g/mol. The molecule has 2 aromatic rings. The van der Waals surface area contributed by atoms with Crippen molar-refractivity contribution in [2.45, 2.75) is 18.3 Å². The lowest BCUT2D eigenvalue weighted by molar-refractivity contribution is -0.119. The van der Waals surface area contributed by atoms with Gasteiger partial charge in [0, 0.05) is 19.0 Å². The predicted molar refractivity (Wildman–Crippen MR) is 90.0 cm³/mol. The van der Waals surface area contributed by atoms with Crippen LogP contribution in [-0.4, -0.2) is 26.0 Å². The first-order valence-electron chi connectivity index (χ1n) is 7.89. The summed E-state index contributed by atoms with van der Waals surface area (Å²) in [5.74, 6) is -0.399. The van der Waals surface area contributed by atoms with Crippen LogP contribution in [0.15, 0.2) is 54.6 Å². The Morgan fingerprint density at radius 2 is 1.78 bits per heavy atom. The lowest BCUT2D eigenvalue weighted by atomic mass is 9.96. The second kappa shape index (κ2) is 6.41. The van der Waals surface area contributed by atoms with Crippen molar-refractivity contribution in [3.8, 4) is 0 Å². The van der Waals surface area contributed by atoms with Gasteiger partial charge in [-0.2, -0.15) is 0 Å². The molecule has 0 atom stereocenters. The number of amides is 1. The standard InChI is InChI=1S/C19H21FN2O/c1-22(17-10-6-5-9-16(17)20)13-18(23)21-14-19(11-12-19)15-7-3-2-4-8-15/h2-10H,11-14H2,1H3,(H,21,23). The van der Waals surface area contributed by atoms with Gasteiger partial charge < -0.3 is 10.2 Å². The molecule has 3 nitrogen and oxygen atoms in total. The Morgan fingerprint density at radius 1 is 1.13 bits per heavy atom. The molecule has 2 aromatic carbocycles. The van der Waals surface area contributed by atoms with Crippen molar-refractivity contribution >= 4 is 11.6 Å². The van der Waals surface area contributed by atoms with Gasteiger partial charge in [0.05, 0.1) is 12.2 Å². The molecular weight excluding hydrogens is 291 g/mol. The molecule has 0 unspecified atom stereocenters. The summed E-state index contributed by atoms with van der Waals surface area (Å²) in [5, 5.41) is 3.00. The Hall–Kier alpha value is -2.36. The third-order valence-electron chi connectivity index (χ3n) is 4.51. The highest BCUT2D eigenvalue weighted by atomic mass is 19.1. The van der Waals surface area contributed by atoms with E-state index in [-0.39, 0.29) is 23.7 Å². The number of nitrogens with one attached hydrogen (secondary N) is 1. The lowest BCUT2D eigenvalue weighted by Crippen LogP contribution is -2.39. The zero-order valence-corrected chi connectivity index (χ0v) is 13.3. The molecule has 0 saturated heterocycles. The van der Waals surface area contributed by atoms with Crippen molar-refractivity contribution in [1.29, 1.82) is 0 Å². The smallest absolute Gasteiger partial charge is 0.239 e. The molecule has 0 aliphatic heterocycles. The Morgan fingerprint density at radius 3 is 2.43 bits per heavy atom. The Labute approximate surface area is 136 Å². The van der Waals surface area contributed by atoms with Gasteiger partial charge in [-0.15, -0.1) is 0 Å². The van der Waals surface area contributed by atoms with E-state index in [9.17, 15) is 9.18 Å². The van der Waals surface area contributed by atoms with Crippen LogP contribution >= 0.6 is 0 Å². The maximum absolute atomic E-state index is 13.7. The number of benzene rings is 2. The van der Waals surface area contributed by atoms with Gasteiger partial charge in [0.15, 0.2) is 0 Å². The molecule has 1 N–H and O–H groups in total. The molecule has 120 valence electrons. The zero-order valence-electron chi connectivity index (χ0n) is 13.3. The van der Waals surface area contributed by atoms with Gasteiger partial charge in [-0.3, -0.25) is 4.79 Å². The van der Waals surface area contributed by atoms with Crippen LogP contribution in [0.25, 0.3) is 0 Å². The number of halogens is 1. The second-order valence-electron chi connectivity index (χ2n) is 6.23. The summed E-state index contributed by atoms with van der Waals surface area (Å²) in [6, 6.07) is 16.8. The number of anilines is 1. The molecule has 3 rings (SSSR count). The van der Waals surface area contributed by atoms with Crippen molar-refractivity contribution in [3.63, 3.8) is 0 Å². The highest BCUT2D eigenvalue weighted by molar-refractivity contribution is 5.81. The van der Waals surface area contributed by atoms with E-state index in [2.05, 4.69) is 17.4 Å². The van der Waals surface area contributed by atoms with E-state index in [0.717, 1.165) is 12.8 Å². The number of carbonyl (C=O) groups excluding carboxylic acids is 1. The number of hydrogen-bond acceptors (Lipinski definition) is 2. The predicted octanol–water partition coefficient (Wildman–Crippen LogP) is 3.11. The van der Waals surface area contributed by atoms with E-state index in [4.69, 9.17) is 0 Å². The highest BCUT2D eigenvalue weighted by Gasteiger charge is 2.44. The van der Waals surface area contributed by atoms with Crippen LogP contribution in [0.2, 0.25) is 0 Å². The van der Waals surface area contributed by atoms with Crippen molar-refractivity contribution in [2.24, 2.45) is 0 Å². The fraction of sp³-hybridized carbons (Fsp3) is 0.316. The Bertz CT molecular complexity index is 683. The van der Waals surface area contributed by atoms with E-state index >= 15 is 0 Å². The second-order valence-corrected chi connectivity index (χ2v) is 6.23. The highest BCUT2D eigenvalue weighted by Crippen LogP contribution is 2.47. The fourth-order valence-electron chi connectivity index (χ4n) is 2.90. The van der Waals surface area contributed by atoms with E-state index in [1.165, 1.54) is 11.6 Å². The van der Waals surface area contributed by atoms with Crippen LogP contribution in [0, 0.1) is 5.82 Å². The quantitative estimate of drug-likeness (QED) is 0.889. The zero-order chi connectivity index (χ0) is 16.3. The summed E-state index contributed by atoms with van der Waals surface area (Å²) < 4.78 is 13.7. The van der Waals surface area contributed by atoms with Crippen molar-refractivity contribution in [1.82, 2.24) is 5.32 Å². The van der Waals surface area contributed by atoms with Gasteiger partial charge in [0.1, 0.15) is 5.82 Å². The molecule has 1 aliphatic rings. The van der Waals surface area contributed by atoms with Crippen molar-refractivity contribution in [2.75, 3.05) is 25.0 Å². The van der Waals surface area contributed by atoms with E-state index in [1.807, 2.05) is 18.2 Å². The Kier molecular flexibility index (Phi) is 4.33. The average Bonchev–Trinajstić information content (AvgIpc) is 3.35. The summed E-state index contributed by atoms with van der Waals surface area (Å²) in [4.78, 5) is 13.8. The minimum atomic E-state index is -0.314. The van der Waals surface area contributed by atoms with Crippen LogP contribution < -0.4 is 10.2 Å². The fourth-order valence-corrected chi connectivity index (χ4v) is 2.90. The van der Waals surface area contributed by atoms with E-state index in [0.29, 0.717) is 12.2 Å². The van der Waals surface area contributed by atoms with Crippen molar-refractivity contribution < 1.29 is 9.18 Å². The SMILES string of the molecule is CN(CC(=O)NCC1(c2ccccc2)CC1)c1ccccc1F. The molecule has 0 bridgehead atoms. The van der Waals surface area contributed by atoms with Crippen LogP contribution in [0.5, 0.6) is 0 Å². The molecule has 4 heteroatoms. The minimum Gasteiger partial charge on any atom is -0.363 e. The van der Waals surface area contributed by atoms with Crippen LogP contribution in [0.4, 0.5) is 10.1 Å². The molecule has 0 radical (unpaired) electrons. The molecule has 1 saturated carbocycles. The summed E-state index contributed by atoms with van der Waals surface area (Å²) >= 11 is 0. The van der Waals surface area contributed by atoms with Gasteiger partial charge in [-0.1, -0.05) is 42.5 Å². The van der Waals surface area contributed by atoms with Gasteiger partial charge in [-0.25, -0.2) is 4.39 Å². The molecule has 1 amide bonds. The molecule has 1 fully saturated rings. The Balaban J connectivity index is 1.55. The van der Waals surface area contributed by atoms with Gasteiger partial charge in [0.25, 0.3) is 0 Å². The first-order valence-corrected chi connectivity index (χ1v) is 7.89. The van der Waals surface area contributed by atoms with Crippen LogP contribution in [0.3, 0.4) is 0 Å². The van der Waals surface area contributed by atoms with E-state index < -0.39 is 0 Å². The number of carbonyl (C=O) groups is 1. The van der Waals surface area contributed by atoms with Crippen molar-refractivity contribution in [3.05, 3.63) is 66.0 Å². The molecule has 0 spiro atoms. The van der Waals surface area contributed by atoms with Crippen LogP contribution in [-0.2, 0) is 10.2 Å². The molecule has 0 aromatic heterocycles. The number of likely N-dealkylation sites (N-methyl/N-ethyl adjacent to an activating group) is 1. The van der Waals surface area contributed by atoms with Gasteiger partial charge >= 0.3 is 0 Å². The number of nitrogens with zero attached hydrogens (tertiary/aromatic N) is 1. The maximum Gasteiger partial charge on any atom is 0.239 e. The minimum absolute atomic E-state index is 0.0852.